The van der Waals surface area contributed by atoms with Crippen LogP contribution in [0.4, 0.5) is 0 Å². The predicted octanol–water partition coefficient (Wildman–Crippen LogP) is 6.69. The lowest BCUT2D eigenvalue weighted by molar-refractivity contribution is 0.737. The first-order chi connectivity index (χ1) is 13.2. The second-order valence-electron chi connectivity index (χ2n) is 7.17. The van der Waals surface area contributed by atoms with Crippen molar-refractivity contribution >= 4 is 0 Å². The van der Waals surface area contributed by atoms with E-state index in [2.05, 4.69) is 123 Å². The van der Waals surface area contributed by atoms with Crippen molar-refractivity contribution in [3.8, 4) is 0 Å². The zero-order valence-corrected chi connectivity index (χ0v) is 15.9. The van der Waals surface area contributed by atoms with Gasteiger partial charge in [-0.15, -0.1) is 0 Å². The zero-order valence-electron chi connectivity index (χ0n) is 15.9. The Hall–Kier alpha value is -3.12. The van der Waals surface area contributed by atoms with Crippen molar-refractivity contribution in [2.45, 2.75) is 19.3 Å². The van der Waals surface area contributed by atoms with Gasteiger partial charge in [0.15, 0.2) is 0 Å². The van der Waals surface area contributed by atoms with E-state index < -0.39 is 0 Å². The molecule has 0 bridgehead atoms. The third kappa shape index (κ3) is 2.98. The van der Waals surface area contributed by atoms with Crippen LogP contribution in [0.15, 0.2) is 109 Å². The Kier molecular flexibility index (Phi) is 4.64. The maximum Gasteiger partial charge on any atom is 0.0704 e. The maximum absolute atomic E-state index is 2.33. The molecule has 0 amide bonds. The number of aryl methyl sites for hydroxylation is 2. The summed E-state index contributed by atoms with van der Waals surface area (Å²) in [5.74, 6) is 0. The number of hydrogen-bond donors (Lipinski definition) is 0. The van der Waals surface area contributed by atoms with Crippen molar-refractivity contribution in [1.82, 2.24) is 0 Å². The molecule has 4 rings (SSSR count). The van der Waals surface area contributed by atoms with Crippen LogP contribution < -0.4 is 0 Å². The molecule has 0 aromatic heterocycles. The minimum atomic E-state index is -0.347. The minimum Gasteiger partial charge on any atom is -0.0622 e. The van der Waals surface area contributed by atoms with Crippen LogP contribution in [0.2, 0.25) is 0 Å². The molecular weight excluding hydrogens is 324 g/mol. The molecule has 0 saturated heterocycles. The molecule has 132 valence electrons. The summed E-state index contributed by atoms with van der Waals surface area (Å²) in [5.41, 5.74) is 7.43. The Morgan fingerprint density at radius 2 is 1.00 bits per heavy atom. The average molecular weight is 348 g/mol. The lowest BCUT2D eigenvalue weighted by atomic mass is 9.64. The lowest BCUT2D eigenvalue weighted by Crippen LogP contribution is -2.31. The van der Waals surface area contributed by atoms with Crippen LogP contribution in [-0.2, 0) is 5.41 Å². The van der Waals surface area contributed by atoms with Crippen LogP contribution in [0.5, 0.6) is 0 Å². The molecule has 0 heteroatoms. The number of rotatable bonds is 4. The molecule has 0 aliphatic heterocycles. The van der Waals surface area contributed by atoms with Gasteiger partial charge < -0.3 is 0 Å². The van der Waals surface area contributed by atoms with E-state index in [9.17, 15) is 0 Å². The SMILES string of the molecule is Cc1cccc(C(c2ccccc2)(c2ccccc2)c2ccccc2C)c1. The van der Waals surface area contributed by atoms with Crippen LogP contribution >= 0.6 is 0 Å². The van der Waals surface area contributed by atoms with Gasteiger partial charge in [0.1, 0.15) is 0 Å². The van der Waals surface area contributed by atoms with Crippen LogP contribution in [-0.4, -0.2) is 0 Å². The van der Waals surface area contributed by atoms with Crippen LogP contribution in [0.25, 0.3) is 0 Å². The van der Waals surface area contributed by atoms with Crippen molar-refractivity contribution in [2.24, 2.45) is 0 Å². The molecule has 4 aromatic rings. The fraction of sp³-hybridized carbons (Fsp3) is 0.111. The van der Waals surface area contributed by atoms with Crippen molar-refractivity contribution in [3.63, 3.8) is 0 Å². The third-order valence-electron chi connectivity index (χ3n) is 5.41. The molecule has 0 aliphatic carbocycles. The molecule has 0 heterocycles. The fourth-order valence-corrected chi connectivity index (χ4v) is 4.21. The molecule has 0 nitrogen and oxygen atoms in total. The summed E-state index contributed by atoms with van der Waals surface area (Å²) in [6.07, 6.45) is 0. The first-order valence-corrected chi connectivity index (χ1v) is 9.47. The van der Waals surface area contributed by atoms with Crippen molar-refractivity contribution in [2.75, 3.05) is 0 Å². The summed E-state index contributed by atoms with van der Waals surface area (Å²) in [7, 11) is 0. The van der Waals surface area contributed by atoms with E-state index in [-0.39, 0.29) is 5.41 Å². The molecule has 0 N–H and O–H groups in total. The fourth-order valence-electron chi connectivity index (χ4n) is 4.21. The van der Waals surface area contributed by atoms with E-state index in [1.54, 1.807) is 0 Å². The van der Waals surface area contributed by atoms with Gasteiger partial charge in [-0.1, -0.05) is 115 Å². The van der Waals surface area contributed by atoms with Gasteiger partial charge in [-0.25, -0.2) is 0 Å². The summed E-state index contributed by atoms with van der Waals surface area (Å²) in [4.78, 5) is 0. The zero-order chi connectivity index (χ0) is 18.7. The van der Waals surface area contributed by atoms with Gasteiger partial charge in [-0.2, -0.15) is 0 Å². The van der Waals surface area contributed by atoms with Crippen molar-refractivity contribution in [3.05, 3.63) is 143 Å². The van der Waals surface area contributed by atoms with Crippen molar-refractivity contribution in [1.29, 1.82) is 0 Å². The maximum atomic E-state index is 2.33. The van der Waals surface area contributed by atoms with Crippen LogP contribution in [0.1, 0.15) is 33.4 Å². The second-order valence-corrected chi connectivity index (χ2v) is 7.17. The highest BCUT2D eigenvalue weighted by Crippen LogP contribution is 2.46. The molecule has 0 unspecified atom stereocenters. The topological polar surface area (TPSA) is 0 Å². The summed E-state index contributed by atoms with van der Waals surface area (Å²) in [6, 6.07) is 39.4. The standard InChI is InChI=1S/C27H24/c1-21-12-11-18-25(20-21)27(23-14-5-3-6-15-23,24-16-7-4-8-17-24)26-19-10-9-13-22(26)2/h3-20H,1-2H3. The summed E-state index contributed by atoms with van der Waals surface area (Å²) >= 11 is 0. The number of benzene rings is 4. The average Bonchev–Trinajstić information content (AvgIpc) is 2.72. The van der Waals surface area contributed by atoms with Crippen LogP contribution in [0.3, 0.4) is 0 Å². The predicted molar refractivity (Wildman–Crippen MR) is 114 cm³/mol. The molecule has 0 radical (unpaired) electrons. The monoisotopic (exact) mass is 348 g/mol. The lowest BCUT2D eigenvalue weighted by Gasteiger charge is -2.38. The smallest absolute Gasteiger partial charge is 0.0622 e. The van der Waals surface area contributed by atoms with E-state index in [0.29, 0.717) is 0 Å². The van der Waals surface area contributed by atoms with Gasteiger partial charge in [-0.3, -0.25) is 0 Å². The molecular formula is C27H24. The molecule has 0 saturated carbocycles. The van der Waals surface area contributed by atoms with Gasteiger partial charge in [0.25, 0.3) is 0 Å². The molecule has 0 aliphatic rings. The van der Waals surface area contributed by atoms with Gasteiger partial charge in [0.05, 0.1) is 5.41 Å². The second kappa shape index (κ2) is 7.25. The van der Waals surface area contributed by atoms with Gasteiger partial charge in [-0.05, 0) is 41.7 Å². The quantitative estimate of drug-likeness (QED) is 0.361. The van der Waals surface area contributed by atoms with Gasteiger partial charge >= 0.3 is 0 Å². The van der Waals surface area contributed by atoms with Crippen molar-refractivity contribution < 1.29 is 0 Å². The Morgan fingerprint density at radius 3 is 1.56 bits per heavy atom. The first kappa shape index (κ1) is 17.3. The Labute approximate surface area is 162 Å². The van der Waals surface area contributed by atoms with E-state index >= 15 is 0 Å². The van der Waals surface area contributed by atoms with Gasteiger partial charge in [0.2, 0.25) is 0 Å². The molecule has 4 aromatic carbocycles. The van der Waals surface area contributed by atoms with Crippen LogP contribution in [0, 0.1) is 13.8 Å². The summed E-state index contributed by atoms with van der Waals surface area (Å²) < 4.78 is 0. The van der Waals surface area contributed by atoms with Gasteiger partial charge in [0, 0.05) is 0 Å². The minimum absolute atomic E-state index is 0.347. The third-order valence-corrected chi connectivity index (χ3v) is 5.41. The largest absolute Gasteiger partial charge is 0.0704 e. The molecule has 27 heavy (non-hydrogen) atoms. The summed E-state index contributed by atoms with van der Waals surface area (Å²) in [5, 5.41) is 0. The van der Waals surface area contributed by atoms with E-state index in [1.165, 1.54) is 33.4 Å². The molecule has 0 spiro atoms. The Balaban J connectivity index is 2.18. The highest BCUT2D eigenvalue weighted by molar-refractivity contribution is 5.61. The number of hydrogen-bond acceptors (Lipinski definition) is 0. The Morgan fingerprint density at radius 1 is 0.481 bits per heavy atom. The highest BCUT2D eigenvalue weighted by Gasteiger charge is 2.39. The van der Waals surface area contributed by atoms with E-state index in [4.69, 9.17) is 0 Å². The normalized spacial score (nSPS) is 11.3. The molecule has 0 atom stereocenters. The first-order valence-electron chi connectivity index (χ1n) is 9.47. The van der Waals surface area contributed by atoms with E-state index in [1.807, 2.05) is 0 Å². The highest BCUT2D eigenvalue weighted by atomic mass is 14.4. The summed E-state index contributed by atoms with van der Waals surface area (Å²) in [6.45, 7) is 4.38. The molecule has 0 fully saturated rings. The van der Waals surface area contributed by atoms with E-state index in [0.717, 1.165) is 0 Å². The Bertz CT molecular complexity index is 990.